The van der Waals surface area contributed by atoms with Gasteiger partial charge in [0.25, 0.3) is 5.89 Å². The fraction of sp³-hybridized carbons (Fsp3) is 0.381. The Morgan fingerprint density at radius 3 is 2.63 bits per heavy atom. The first kappa shape index (κ1) is 17.9. The van der Waals surface area contributed by atoms with Crippen molar-refractivity contribution in [2.24, 2.45) is 5.92 Å². The Balaban J connectivity index is 1.42. The molecule has 0 spiro atoms. The standard InChI is InChI=1S/C21H23N3O2S/c1-4-17-13(2)9-18(27-17)20-22-19(23-26-20)12-24(3)21(25)16-10-14-7-5-6-8-15(14)11-16/h5-9,16H,4,10-12H2,1-3H3. The van der Waals surface area contributed by atoms with Gasteiger partial charge in [-0.3, -0.25) is 4.79 Å². The van der Waals surface area contributed by atoms with Crippen LogP contribution < -0.4 is 0 Å². The summed E-state index contributed by atoms with van der Waals surface area (Å²) in [6.45, 7) is 4.60. The summed E-state index contributed by atoms with van der Waals surface area (Å²) in [7, 11) is 1.81. The van der Waals surface area contributed by atoms with Crippen LogP contribution in [0.5, 0.6) is 0 Å². The summed E-state index contributed by atoms with van der Waals surface area (Å²) in [5, 5.41) is 4.07. The van der Waals surface area contributed by atoms with Gasteiger partial charge in [0.15, 0.2) is 5.82 Å². The van der Waals surface area contributed by atoms with Crippen molar-refractivity contribution in [3.63, 3.8) is 0 Å². The molecule has 0 fully saturated rings. The fourth-order valence-corrected chi connectivity index (χ4v) is 4.77. The number of hydrogen-bond donors (Lipinski definition) is 0. The lowest BCUT2D eigenvalue weighted by molar-refractivity contribution is -0.134. The third kappa shape index (κ3) is 3.54. The molecule has 0 N–H and O–H groups in total. The van der Waals surface area contributed by atoms with Crippen LogP contribution in [0.25, 0.3) is 10.8 Å². The minimum atomic E-state index is 0.00540. The number of aromatic nitrogens is 2. The zero-order valence-corrected chi connectivity index (χ0v) is 16.7. The smallest absolute Gasteiger partial charge is 0.268 e. The maximum absolute atomic E-state index is 12.8. The van der Waals surface area contributed by atoms with Crippen molar-refractivity contribution < 1.29 is 9.32 Å². The lowest BCUT2D eigenvalue weighted by Crippen LogP contribution is -2.33. The molecule has 1 aliphatic carbocycles. The molecule has 6 heteroatoms. The number of amides is 1. The highest BCUT2D eigenvalue weighted by Gasteiger charge is 2.29. The van der Waals surface area contributed by atoms with Crippen LogP contribution in [0.2, 0.25) is 0 Å². The number of aryl methyl sites for hydroxylation is 2. The number of fused-ring (bicyclic) bond motifs is 1. The molecule has 0 unspecified atom stereocenters. The van der Waals surface area contributed by atoms with Crippen LogP contribution in [0, 0.1) is 12.8 Å². The molecule has 0 atom stereocenters. The van der Waals surface area contributed by atoms with E-state index in [2.05, 4.69) is 42.2 Å². The quantitative estimate of drug-likeness (QED) is 0.669. The average molecular weight is 382 g/mol. The second kappa shape index (κ2) is 7.27. The SMILES string of the molecule is CCc1sc(-c2nc(CN(C)C(=O)C3Cc4ccccc4C3)no2)cc1C. The molecule has 1 aromatic carbocycles. The van der Waals surface area contributed by atoms with Crippen LogP contribution in [0.4, 0.5) is 0 Å². The molecule has 140 valence electrons. The molecule has 27 heavy (non-hydrogen) atoms. The van der Waals surface area contributed by atoms with Crippen molar-refractivity contribution in [3.8, 4) is 10.8 Å². The van der Waals surface area contributed by atoms with E-state index in [0.29, 0.717) is 18.3 Å². The van der Waals surface area contributed by atoms with Gasteiger partial charge in [0.2, 0.25) is 5.91 Å². The molecule has 2 heterocycles. The molecule has 1 aliphatic rings. The summed E-state index contributed by atoms with van der Waals surface area (Å²) in [5.74, 6) is 1.22. The molecule has 0 saturated heterocycles. The van der Waals surface area contributed by atoms with Gasteiger partial charge in [0, 0.05) is 17.8 Å². The molecule has 0 radical (unpaired) electrons. The van der Waals surface area contributed by atoms with Gasteiger partial charge in [-0.05, 0) is 48.9 Å². The Labute approximate surface area is 163 Å². The molecule has 1 amide bonds. The predicted octanol–water partition coefficient (Wildman–Crippen LogP) is 4.04. The molecule has 0 aliphatic heterocycles. The highest BCUT2D eigenvalue weighted by molar-refractivity contribution is 7.15. The van der Waals surface area contributed by atoms with Gasteiger partial charge >= 0.3 is 0 Å². The molecule has 0 saturated carbocycles. The van der Waals surface area contributed by atoms with Crippen molar-refractivity contribution in [1.29, 1.82) is 0 Å². The van der Waals surface area contributed by atoms with Crippen LogP contribution in [-0.2, 0) is 30.6 Å². The third-order valence-electron chi connectivity index (χ3n) is 5.18. The molecule has 2 aromatic heterocycles. The predicted molar refractivity (Wildman–Crippen MR) is 106 cm³/mol. The van der Waals surface area contributed by atoms with Crippen LogP contribution in [0.1, 0.15) is 34.3 Å². The van der Waals surface area contributed by atoms with Crippen molar-refractivity contribution >= 4 is 17.2 Å². The number of benzene rings is 1. The Hall–Kier alpha value is -2.47. The van der Waals surface area contributed by atoms with E-state index in [1.807, 2.05) is 19.2 Å². The van der Waals surface area contributed by atoms with Crippen LogP contribution in [-0.4, -0.2) is 28.0 Å². The monoisotopic (exact) mass is 381 g/mol. The van der Waals surface area contributed by atoms with E-state index in [-0.39, 0.29) is 11.8 Å². The first-order valence-electron chi connectivity index (χ1n) is 9.29. The van der Waals surface area contributed by atoms with E-state index < -0.39 is 0 Å². The fourth-order valence-electron chi connectivity index (χ4n) is 3.73. The number of rotatable bonds is 5. The largest absolute Gasteiger partial charge is 0.338 e. The van der Waals surface area contributed by atoms with Crippen LogP contribution >= 0.6 is 11.3 Å². The Bertz CT molecular complexity index is 950. The Kier molecular flexibility index (Phi) is 4.83. The zero-order chi connectivity index (χ0) is 19.0. The molecular formula is C21H23N3O2S. The maximum atomic E-state index is 12.8. The minimum absolute atomic E-state index is 0.00540. The number of carbonyl (C=O) groups excluding carboxylic acids is 1. The normalized spacial score (nSPS) is 13.7. The lowest BCUT2D eigenvalue weighted by Gasteiger charge is -2.19. The van der Waals surface area contributed by atoms with Crippen molar-refractivity contribution in [2.75, 3.05) is 7.05 Å². The molecule has 4 rings (SSSR count). The molecule has 5 nitrogen and oxygen atoms in total. The van der Waals surface area contributed by atoms with Gasteiger partial charge in [-0.15, -0.1) is 11.3 Å². The van der Waals surface area contributed by atoms with E-state index in [9.17, 15) is 4.79 Å². The number of thiophene rings is 1. The Morgan fingerprint density at radius 2 is 2.00 bits per heavy atom. The number of nitrogens with zero attached hydrogens (tertiary/aromatic N) is 3. The summed E-state index contributed by atoms with van der Waals surface area (Å²) in [5.41, 5.74) is 3.82. The second-order valence-corrected chi connectivity index (χ2v) is 8.29. The second-order valence-electron chi connectivity index (χ2n) is 7.15. The average Bonchev–Trinajstić information content (AvgIpc) is 3.38. The van der Waals surface area contributed by atoms with Gasteiger partial charge in [-0.25, -0.2) is 0 Å². The van der Waals surface area contributed by atoms with Gasteiger partial charge in [0.1, 0.15) is 0 Å². The van der Waals surface area contributed by atoms with Crippen molar-refractivity contribution in [2.45, 2.75) is 39.7 Å². The molecule has 0 bridgehead atoms. The van der Waals surface area contributed by atoms with E-state index in [1.165, 1.54) is 21.6 Å². The highest BCUT2D eigenvalue weighted by atomic mass is 32.1. The van der Waals surface area contributed by atoms with Gasteiger partial charge in [-0.2, -0.15) is 4.98 Å². The third-order valence-corrected chi connectivity index (χ3v) is 6.55. The van der Waals surface area contributed by atoms with Crippen molar-refractivity contribution in [3.05, 3.63) is 57.7 Å². The summed E-state index contributed by atoms with van der Waals surface area (Å²) in [6.07, 6.45) is 2.62. The minimum Gasteiger partial charge on any atom is -0.338 e. The molecular weight excluding hydrogens is 358 g/mol. The number of carbonyl (C=O) groups is 1. The van der Waals surface area contributed by atoms with Crippen LogP contribution in [0.3, 0.4) is 0 Å². The topological polar surface area (TPSA) is 59.2 Å². The van der Waals surface area contributed by atoms with Gasteiger partial charge < -0.3 is 9.42 Å². The van der Waals surface area contributed by atoms with E-state index in [4.69, 9.17) is 4.52 Å². The number of hydrogen-bond acceptors (Lipinski definition) is 5. The van der Waals surface area contributed by atoms with Gasteiger partial charge in [-0.1, -0.05) is 36.3 Å². The zero-order valence-electron chi connectivity index (χ0n) is 15.9. The van der Waals surface area contributed by atoms with E-state index in [1.54, 1.807) is 16.2 Å². The van der Waals surface area contributed by atoms with E-state index in [0.717, 1.165) is 24.1 Å². The van der Waals surface area contributed by atoms with Crippen molar-refractivity contribution in [1.82, 2.24) is 15.0 Å². The summed E-state index contributed by atoms with van der Waals surface area (Å²) in [6, 6.07) is 10.4. The first-order valence-corrected chi connectivity index (χ1v) is 10.1. The summed E-state index contributed by atoms with van der Waals surface area (Å²) < 4.78 is 5.43. The molecule has 3 aromatic rings. The lowest BCUT2D eigenvalue weighted by atomic mass is 10.1. The van der Waals surface area contributed by atoms with E-state index >= 15 is 0 Å². The highest BCUT2D eigenvalue weighted by Crippen LogP contribution is 2.31. The summed E-state index contributed by atoms with van der Waals surface area (Å²) >= 11 is 1.69. The van der Waals surface area contributed by atoms with Crippen LogP contribution in [0.15, 0.2) is 34.9 Å². The first-order chi connectivity index (χ1) is 13.0. The maximum Gasteiger partial charge on any atom is 0.268 e. The van der Waals surface area contributed by atoms with Gasteiger partial charge in [0.05, 0.1) is 11.4 Å². The Morgan fingerprint density at radius 1 is 1.30 bits per heavy atom. The summed E-state index contributed by atoms with van der Waals surface area (Å²) in [4.78, 5) is 21.4.